The number of rotatable bonds is 10. The second kappa shape index (κ2) is 8.66. The number of hydrogen-bond donors (Lipinski definition) is 0. The average Bonchev–Trinajstić information content (AvgIpc) is 3.60. The minimum atomic E-state index is -0.115. The van der Waals surface area contributed by atoms with Crippen LogP contribution < -0.4 is 0 Å². The smallest absolute Gasteiger partial charge is 0.112 e. The summed E-state index contributed by atoms with van der Waals surface area (Å²) in [5.41, 5.74) is 7.36. The van der Waals surface area contributed by atoms with Crippen LogP contribution in [-0.2, 0) is 27.1 Å². The summed E-state index contributed by atoms with van der Waals surface area (Å²) in [5, 5.41) is 0. The van der Waals surface area contributed by atoms with Gasteiger partial charge in [-0.15, -0.1) is 13.2 Å². The van der Waals surface area contributed by atoms with Gasteiger partial charge < -0.3 is 14.2 Å². The Balaban J connectivity index is 1.71. The van der Waals surface area contributed by atoms with Gasteiger partial charge in [0.2, 0.25) is 0 Å². The Morgan fingerprint density at radius 2 is 1.28 bits per heavy atom. The first kappa shape index (κ1) is 20.1. The van der Waals surface area contributed by atoms with Crippen molar-refractivity contribution in [2.24, 2.45) is 0 Å². The van der Waals surface area contributed by atoms with Gasteiger partial charge in [-0.3, -0.25) is 0 Å². The van der Waals surface area contributed by atoms with E-state index in [0.717, 1.165) is 26.1 Å². The standard InChI is InChI=1S/C26H30O3/c1-5-7-19-11-9-17(3)13-21(19)25(23-15-27-23)29-26(24-16-28-24)22-14-18(4)10-12-20(22)8-6-2/h5-6,9-14,23-26H,1-2,7-8,15-16H2,3-4H3. The van der Waals surface area contributed by atoms with E-state index in [2.05, 4.69) is 63.4 Å². The molecule has 0 amide bonds. The maximum Gasteiger partial charge on any atom is 0.112 e. The van der Waals surface area contributed by atoms with Gasteiger partial charge in [-0.25, -0.2) is 0 Å². The van der Waals surface area contributed by atoms with Crippen LogP contribution in [-0.4, -0.2) is 25.4 Å². The highest BCUT2D eigenvalue weighted by Gasteiger charge is 2.43. The van der Waals surface area contributed by atoms with Crippen LogP contribution in [0.2, 0.25) is 0 Å². The predicted octanol–water partition coefficient (Wildman–Crippen LogP) is 5.36. The van der Waals surface area contributed by atoms with Gasteiger partial charge in [0, 0.05) is 0 Å². The lowest BCUT2D eigenvalue weighted by Gasteiger charge is -2.27. The largest absolute Gasteiger partial charge is 0.370 e. The molecule has 0 N–H and O–H groups in total. The Bertz CT molecular complexity index is 819. The Labute approximate surface area is 174 Å². The van der Waals surface area contributed by atoms with Gasteiger partial charge in [-0.1, -0.05) is 59.7 Å². The van der Waals surface area contributed by atoms with Crippen molar-refractivity contribution in [2.75, 3.05) is 13.2 Å². The SMILES string of the molecule is C=CCc1ccc(C)cc1C(OC(c1cc(C)ccc1CC=C)C1CO1)C1CO1. The van der Waals surface area contributed by atoms with Crippen LogP contribution in [0.15, 0.2) is 61.7 Å². The number of allylic oxidation sites excluding steroid dienone is 2. The fraction of sp³-hybridized carbons (Fsp3) is 0.385. The second-order valence-electron chi connectivity index (χ2n) is 8.11. The zero-order valence-electron chi connectivity index (χ0n) is 17.4. The molecule has 0 aromatic heterocycles. The lowest BCUT2D eigenvalue weighted by molar-refractivity contribution is -0.0426. The zero-order valence-corrected chi connectivity index (χ0v) is 17.4. The summed E-state index contributed by atoms with van der Waals surface area (Å²) in [6.07, 6.45) is 5.49. The fourth-order valence-electron chi connectivity index (χ4n) is 3.98. The Morgan fingerprint density at radius 1 is 0.862 bits per heavy atom. The molecule has 0 radical (unpaired) electrons. The van der Waals surface area contributed by atoms with Gasteiger partial charge in [-0.05, 0) is 48.9 Å². The van der Waals surface area contributed by atoms with Crippen molar-refractivity contribution >= 4 is 0 Å². The van der Waals surface area contributed by atoms with Gasteiger partial charge in [0.15, 0.2) is 0 Å². The molecule has 3 nitrogen and oxygen atoms in total. The van der Waals surface area contributed by atoms with E-state index in [4.69, 9.17) is 14.2 Å². The molecule has 4 unspecified atom stereocenters. The summed E-state index contributed by atoms with van der Waals surface area (Å²) >= 11 is 0. The van der Waals surface area contributed by atoms with E-state index >= 15 is 0 Å². The van der Waals surface area contributed by atoms with Crippen LogP contribution in [0.1, 0.15) is 45.6 Å². The molecule has 0 saturated carbocycles. The van der Waals surface area contributed by atoms with Crippen molar-refractivity contribution in [3.8, 4) is 0 Å². The number of epoxide rings is 2. The van der Waals surface area contributed by atoms with Gasteiger partial charge in [0.25, 0.3) is 0 Å². The minimum Gasteiger partial charge on any atom is -0.370 e. The van der Waals surface area contributed by atoms with E-state index in [-0.39, 0.29) is 24.4 Å². The molecule has 2 aliphatic rings. The summed E-state index contributed by atoms with van der Waals surface area (Å²) in [6.45, 7) is 13.6. The second-order valence-corrected chi connectivity index (χ2v) is 8.11. The number of hydrogen-bond acceptors (Lipinski definition) is 3. The fourth-order valence-corrected chi connectivity index (χ4v) is 3.98. The van der Waals surface area contributed by atoms with E-state index in [9.17, 15) is 0 Å². The summed E-state index contributed by atoms with van der Waals surface area (Å²) < 4.78 is 18.3. The van der Waals surface area contributed by atoms with Crippen molar-refractivity contribution in [1.29, 1.82) is 0 Å². The molecular weight excluding hydrogens is 360 g/mol. The maximum absolute atomic E-state index is 6.84. The Hall–Kier alpha value is -2.20. The summed E-state index contributed by atoms with van der Waals surface area (Å²) in [4.78, 5) is 0. The van der Waals surface area contributed by atoms with Gasteiger partial charge >= 0.3 is 0 Å². The number of ether oxygens (including phenoxy) is 3. The lowest BCUT2D eigenvalue weighted by atomic mass is 9.93. The quantitative estimate of drug-likeness (QED) is 0.405. The van der Waals surface area contributed by atoms with Crippen LogP contribution in [0.25, 0.3) is 0 Å². The molecule has 2 aliphatic heterocycles. The van der Waals surface area contributed by atoms with E-state index < -0.39 is 0 Å². The molecule has 2 saturated heterocycles. The van der Waals surface area contributed by atoms with E-state index in [1.54, 1.807) is 0 Å². The van der Waals surface area contributed by atoms with Crippen molar-refractivity contribution in [1.82, 2.24) is 0 Å². The first-order chi connectivity index (χ1) is 14.1. The topological polar surface area (TPSA) is 34.3 Å². The van der Waals surface area contributed by atoms with Gasteiger partial charge in [0.1, 0.15) is 24.4 Å². The maximum atomic E-state index is 6.84. The van der Waals surface area contributed by atoms with Crippen molar-refractivity contribution < 1.29 is 14.2 Å². The third kappa shape index (κ3) is 4.69. The van der Waals surface area contributed by atoms with Crippen LogP contribution >= 0.6 is 0 Å². The lowest BCUT2D eigenvalue weighted by Crippen LogP contribution is -2.21. The molecule has 2 heterocycles. The first-order valence-electron chi connectivity index (χ1n) is 10.4. The highest BCUT2D eigenvalue weighted by Crippen LogP contribution is 2.42. The molecule has 0 bridgehead atoms. The molecule has 152 valence electrons. The monoisotopic (exact) mass is 390 g/mol. The number of aryl methyl sites for hydroxylation is 2. The summed E-state index contributed by atoms with van der Waals surface area (Å²) in [7, 11) is 0. The van der Waals surface area contributed by atoms with Gasteiger partial charge in [-0.2, -0.15) is 0 Å². The van der Waals surface area contributed by atoms with Crippen molar-refractivity contribution in [2.45, 2.75) is 51.1 Å². The molecule has 0 spiro atoms. The molecule has 2 aromatic carbocycles. The average molecular weight is 391 g/mol. The molecule has 2 aromatic rings. The molecule has 29 heavy (non-hydrogen) atoms. The highest BCUT2D eigenvalue weighted by molar-refractivity contribution is 5.38. The van der Waals surface area contributed by atoms with Crippen LogP contribution in [0.3, 0.4) is 0 Å². The summed E-state index contributed by atoms with van der Waals surface area (Å²) in [5.74, 6) is 0. The van der Waals surface area contributed by atoms with Crippen molar-refractivity contribution in [3.05, 3.63) is 95.1 Å². The highest BCUT2D eigenvalue weighted by atomic mass is 16.6. The molecule has 4 atom stereocenters. The van der Waals surface area contributed by atoms with E-state index in [1.165, 1.54) is 33.4 Å². The third-order valence-electron chi connectivity index (χ3n) is 5.63. The van der Waals surface area contributed by atoms with Crippen LogP contribution in [0, 0.1) is 13.8 Å². The van der Waals surface area contributed by atoms with Crippen LogP contribution in [0.5, 0.6) is 0 Å². The van der Waals surface area contributed by atoms with E-state index in [1.807, 2.05) is 12.2 Å². The zero-order chi connectivity index (χ0) is 20.4. The van der Waals surface area contributed by atoms with Crippen molar-refractivity contribution in [3.63, 3.8) is 0 Å². The molecule has 2 fully saturated rings. The third-order valence-corrected chi connectivity index (χ3v) is 5.63. The predicted molar refractivity (Wildman–Crippen MR) is 116 cm³/mol. The normalized spacial score (nSPS) is 22.0. The molecule has 3 heteroatoms. The van der Waals surface area contributed by atoms with Crippen LogP contribution in [0.4, 0.5) is 0 Å². The molecule has 0 aliphatic carbocycles. The molecule has 4 rings (SSSR count). The molecular formula is C26H30O3. The summed E-state index contributed by atoms with van der Waals surface area (Å²) in [6, 6.07) is 13.1. The van der Waals surface area contributed by atoms with Gasteiger partial charge in [0.05, 0.1) is 13.2 Å². The number of benzene rings is 2. The Kier molecular flexibility index (Phi) is 6.00. The first-order valence-corrected chi connectivity index (χ1v) is 10.4. The van der Waals surface area contributed by atoms with E-state index in [0.29, 0.717) is 0 Å². The minimum absolute atomic E-state index is 0.0919. The Morgan fingerprint density at radius 3 is 1.62 bits per heavy atom.